The number of ether oxygens (including phenoxy) is 1. The highest BCUT2D eigenvalue weighted by atomic mass is 16.5. The molecule has 1 saturated heterocycles. The molecule has 188 valence electrons. The van der Waals surface area contributed by atoms with Crippen LogP contribution < -0.4 is 16.0 Å². The Kier molecular flexibility index (Phi) is 9.02. The van der Waals surface area contributed by atoms with Gasteiger partial charge >= 0.3 is 0 Å². The van der Waals surface area contributed by atoms with E-state index >= 15 is 0 Å². The van der Waals surface area contributed by atoms with Crippen molar-refractivity contribution in [3.63, 3.8) is 0 Å². The molecule has 1 fully saturated rings. The maximum Gasteiger partial charge on any atom is 0.239 e. The molecule has 8 nitrogen and oxygen atoms in total. The molecule has 0 unspecified atom stereocenters. The van der Waals surface area contributed by atoms with Gasteiger partial charge in [-0.25, -0.2) is 0 Å². The summed E-state index contributed by atoms with van der Waals surface area (Å²) in [6.07, 6.45) is 0.626. The van der Waals surface area contributed by atoms with Gasteiger partial charge < -0.3 is 20.7 Å². The molecule has 8 heteroatoms. The van der Waals surface area contributed by atoms with Crippen LogP contribution >= 0.6 is 0 Å². The number of hydrogen-bond acceptors (Lipinski definition) is 5. The van der Waals surface area contributed by atoms with Crippen molar-refractivity contribution in [2.75, 3.05) is 44.7 Å². The Labute approximate surface area is 211 Å². The molecule has 36 heavy (non-hydrogen) atoms. The first kappa shape index (κ1) is 25.3. The van der Waals surface area contributed by atoms with Gasteiger partial charge in [-0.3, -0.25) is 19.3 Å². The van der Waals surface area contributed by atoms with Crippen molar-refractivity contribution in [2.24, 2.45) is 0 Å². The summed E-state index contributed by atoms with van der Waals surface area (Å²) in [5.74, 6) is -0.527. The average molecular weight is 489 g/mol. The maximum atomic E-state index is 12.4. The lowest BCUT2D eigenvalue weighted by Gasteiger charge is -2.26. The Morgan fingerprint density at radius 2 is 1.61 bits per heavy atom. The minimum absolute atomic E-state index is 0.0448. The van der Waals surface area contributed by atoms with Crippen LogP contribution in [0.1, 0.15) is 17.5 Å². The number of rotatable bonds is 10. The fraction of sp³-hybridized carbons (Fsp3) is 0.321. The number of carbonyl (C=O) groups is 3. The van der Waals surface area contributed by atoms with Crippen molar-refractivity contribution in [2.45, 2.75) is 19.4 Å². The number of carbonyl (C=O) groups excluding carboxylic acids is 3. The second kappa shape index (κ2) is 12.8. The van der Waals surface area contributed by atoms with Gasteiger partial charge in [0.2, 0.25) is 17.7 Å². The third-order valence-electron chi connectivity index (χ3n) is 6.14. The van der Waals surface area contributed by atoms with E-state index in [0.717, 1.165) is 35.0 Å². The standard InChI is InChI=1S/C28H32N4O4/c33-26(11-12-32-13-15-36-16-14-32)31-24-9-3-5-21(17-24)19-29-28(35)20-30-27(34)18-23-8-4-7-22-6-1-2-10-25(22)23/h1-10,17H,11-16,18-20H2,(H,29,35)(H,30,34)(H,31,33). The maximum absolute atomic E-state index is 12.4. The van der Waals surface area contributed by atoms with Gasteiger partial charge in [-0.15, -0.1) is 0 Å². The van der Waals surface area contributed by atoms with Crippen LogP contribution in [-0.2, 0) is 32.1 Å². The highest BCUT2D eigenvalue weighted by Crippen LogP contribution is 2.18. The van der Waals surface area contributed by atoms with Gasteiger partial charge in [0.1, 0.15) is 0 Å². The van der Waals surface area contributed by atoms with Crippen LogP contribution in [0.5, 0.6) is 0 Å². The molecule has 1 heterocycles. The molecule has 0 bridgehead atoms. The van der Waals surface area contributed by atoms with Crippen molar-refractivity contribution in [1.82, 2.24) is 15.5 Å². The summed E-state index contributed by atoms with van der Waals surface area (Å²) in [6, 6.07) is 21.2. The van der Waals surface area contributed by atoms with Gasteiger partial charge in [0.05, 0.1) is 26.2 Å². The fourth-order valence-corrected chi connectivity index (χ4v) is 4.19. The third-order valence-corrected chi connectivity index (χ3v) is 6.14. The Bertz CT molecular complexity index is 1200. The molecule has 0 atom stereocenters. The number of benzene rings is 3. The molecule has 0 radical (unpaired) electrons. The average Bonchev–Trinajstić information content (AvgIpc) is 2.90. The molecule has 3 aromatic carbocycles. The minimum atomic E-state index is -0.277. The SMILES string of the molecule is O=C(CNC(=O)Cc1cccc2ccccc12)NCc1cccc(NC(=O)CCN2CCOCC2)c1. The summed E-state index contributed by atoms with van der Waals surface area (Å²) in [4.78, 5) is 39.2. The molecular weight excluding hydrogens is 456 g/mol. The summed E-state index contributed by atoms with van der Waals surface area (Å²) < 4.78 is 5.33. The molecule has 4 rings (SSSR count). The van der Waals surface area contributed by atoms with Gasteiger partial charge in [-0.1, -0.05) is 54.6 Å². The smallest absolute Gasteiger partial charge is 0.239 e. The number of nitrogens with one attached hydrogen (secondary N) is 3. The first-order valence-electron chi connectivity index (χ1n) is 12.3. The molecule has 3 N–H and O–H groups in total. The van der Waals surface area contributed by atoms with Crippen LogP contribution in [0.25, 0.3) is 10.8 Å². The second-order valence-corrected chi connectivity index (χ2v) is 8.82. The van der Waals surface area contributed by atoms with Gasteiger partial charge in [0.15, 0.2) is 0 Å². The lowest BCUT2D eigenvalue weighted by Crippen LogP contribution is -2.38. The lowest BCUT2D eigenvalue weighted by molar-refractivity contribution is -0.125. The summed E-state index contributed by atoms with van der Waals surface area (Å²) in [7, 11) is 0. The summed E-state index contributed by atoms with van der Waals surface area (Å²) in [5.41, 5.74) is 2.48. The van der Waals surface area contributed by atoms with Crippen LogP contribution in [-0.4, -0.2) is 62.0 Å². The van der Waals surface area contributed by atoms with E-state index in [1.807, 2.05) is 66.7 Å². The predicted molar refractivity (Wildman–Crippen MR) is 139 cm³/mol. The van der Waals surface area contributed by atoms with Gasteiger partial charge in [-0.05, 0) is 34.0 Å². The molecule has 0 aromatic heterocycles. The summed E-state index contributed by atoms with van der Waals surface area (Å²) in [6.45, 7) is 4.04. The molecule has 0 spiro atoms. The summed E-state index contributed by atoms with van der Waals surface area (Å²) in [5, 5.41) is 10.5. The zero-order valence-electron chi connectivity index (χ0n) is 20.3. The fourth-order valence-electron chi connectivity index (χ4n) is 4.19. The quantitative estimate of drug-likeness (QED) is 0.407. The molecule has 1 aliphatic heterocycles. The zero-order chi connectivity index (χ0) is 25.2. The Balaban J connectivity index is 1.18. The van der Waals surface area contributed by atoms with Gasteiger partial charge in [-0.2, -0.15) is 0 Å². The highest BCUT2D eigenvalue weighted by molar-refractivity contribution is 5.92. The van der Waals surface area contributed by atoms with Crippen molar-refractivity contribution in [1.29, 1.82) is 0 Å². The van der Waals surface area contributed by atoms with Crippen LogP contribution in [0.3, 0.4) is 0 Å². The third kappa shape index (κ3) is 7.63. The van der Waals surface area contributed by atoms with E-state index in [1.165, 1.54) is 0 Å². The zero-order valence-corrected chi connectivity index (χ0v) is 20.3. The Hall–Kier alpha value is -3.75. The second-order valence-electron chi connectivity index (χ2n) is 8.82. The van der Waals surface area contributed by atoms with E-state index in [9.17, 15) is 14.4 Å². The number of nitrogens with zero attached hydrogens (tertiary/aromatic N) is 1. The van der Waals surface area contributed by atoms with Crippen molar-refractivity contribution in [3.8, 4) is 0 Å². The van der Waals surface area contributed by atoms with Crippen LogP contribution in [0.15, 0.2) is 66.7 Å². The molecular formula is C28H32N4O4. The lowest BCUT2D eigenvalue weighted by atomic mass is 10.0. The van der Waals surface area contributed by atoms with E-state index in [1.54, 1.807) is 0 Å². The number of morpholine rings is 1. The molecule has 3 aromatic rings. The van der Waals surface area contributed by atoms with E-state index in [4.69, 9.17) is 4.74 Å². The Morgan fingerprint density at radius 1 is 0.833 bits per heavy atom. The van der Waals surface area contributed by atoms with Crippen molar-refractivity contribution >= 4 is 34.2 Å². The first-order chi connectivity index (χ1) is 17.6. The van der Waals surface area contributed by atoms with E-state index in [-0.39, 0.29) is 30.7 Å². The largest absolute Gasteiger partial charge is 0.379 e. The monoisotopic (exact) mass is 488 g/mol. The van der Waals surface area contributed by atoms with Crippen LogP contribution in [0, 0.1) is 0 Å². The van der Waals surface area contributed by atoms with Crippen molar-refractivity contribution in [3.05, 3.63) is 77.9 Å². The van der Waals surface area contributed by atoms with E-state index < -0.39 is 0 Å². The normalized spacial score (nSPS) is 13.8. The predicted octanol–water partition coefficient (Wildman–Crippen LogP) is 2.48. The molecule has 0 saturated carbocycles. The topological polar surface area (TPSA) is 99.8 Å². The number of anilines is 1. The van der Waals surface area contributed by atoms with Crippen molar-refractivity contribution < 1.29 is 19.1 Å². The van der Waals surface area contributed by atoms with Crippen LogP contribution in [0.2, 0.25) is 0 Å². The minimum Gasteiger partial charge on any atom is -0.379 e. The van der Waals surface area contributed by atoms with Gasteiger partial charge in [0, 0.05) is 38.3 Å². The number of hydrogen-bond donors (Lipinski definition) is 3. The number of amides is 3. The van der Waals surface area contributed by atoms with Gasteiger partial charge in [0.25, 0.3) is 0 Å². The van der Waals surface area contributed by atoms with E-state index in [0.29, 0.717) is 38.4 Å². The van der Waals surface area contributed by atoms with Crippen LogP contribution in [0.4, 0.5) is 5.69 Å². The molecule has 3 amide bonds. The first-order valence-corrected chi connectivity index (χ1v) is 12.3. The summed E-state index contributed by atoms with van der Waals surface area (Å²) >= 11 is 0. The highest BCUT2D eigenvalue weighted by Gasteiger charge is 2.13. The number of fused-ring (bicyclic) bond motifs is 1. The van der Waals surface area contributed by atoms with E-state index in [2.05, 4.69) is 20.9 Å². The molecule has 0 aliphatic carbocycles. The Morgan fingerprint density at radius 3 is 2.47 bits per heavy atom. The molecule has 1 aliphatic rings.